The Balaban J connectivity index is 2.41. The van der Waals surface area contributed by atoms with E-state index in [1.807, 2.05) is 0 Å². The minimum atomic E-state index is -0.468. The van der Waals surface area contributed by atoms with Crippen LogP contribution in [0.25, 0.3) is 0 Å². The molecule has 0 aromatic rings. The van der Waals surface area contributed by atoms with Crippen molar-refractivity contribution in [2.45, 2.75) is 25.3 Å². The minimum Gasteiger partial charge on any atom is -0.469 e. The van der Waals surface area contributed by atoms with Crippen LogP contribution in [-0.2, 0) is 14.3 Å². The third-order valence-electron chi connectivity index (χ3n) is 3.15. The number of carbonyl (C=O) groups is 2. The molecule has 1 amide bonds. The van der Waals surface area contributed by atoms with Gasteiger partial charge in [-0.05, 0) is 33.0 Å². The average molecular weight is 228 g/mol. The van der Waals surface area contributed by atoms with Gasteiger partial charge < -0.3 is 14.5 Å². The van der Waals surface area contributed by atoms with Crippen LogP contribution in [0.15, 0.2) is 0 Å². The van der Waals surface area contributed by atoms with E-state index in [9.17, 15) is 9.59 Å². The molecule has 0 spiro atoms. The summed E-state index contributed by atoms with van der Waals surface area (Å²) in [7, 11) is 5.14. The van der Waals surface area contributed by atoms with Gasteiger partial charge in [-0.2, -0.15) is 0 Å². The normalized spacial score (nSPS) is 18.2. The van der Waals surface area contributed by atoms with Crippen LogP contribution in [0, 0.1) is 0 Å². The highest BCUT2D eigenvalue weighted by Gasteiger charge is 2.25. The molecule has 1 rings (SSSR count). The number of amides is 1. The van der Waals surface area contributed by atoms with Crippen molar-refractivity contribution < 1.29 is 14.3 Å². The van der Waals surface area contributed by atoms with Crippen molar-refractivity contribution in [2.24, 2.45) is 0 Å². The fourth-order valence-corrected chi connectivity index (χ4v) is 1.91. The molecule has 0 atom stereocenters. The monoisotopic (exact) mass is 228 g/mol. The van der Waals surface area contributed by atoms with E-state index >= 15 is 0 Å². The highest BCUT2D eigenvalue weighted by atomic mass is 16.5. The molecule has 92 valence electrons. The van der Waals surface area contributed by atoms with E-state index in [2.05, 4.69) is 16.7 Å². The van der Waals surface area contributed by atoms with E-state index in [4.69, 9.17) is 0 Å². The average Bonchev–Trinajstić information content (AvgIpc) is 2.28. The Morgan fingerprint density at radius 3 is 2.44 bits per heavy atom. The van der Waals surface area contributed by atoms with Crippen LogP contribution in [0.5, 0.6) is 0 Å². The summed E-state index contributed by atoms with van der Waals surface area (Å²) in [6.45, 7) is 2.00. The van der Waals surface area contributed by atoms with Gasteiger partial charge in [-0.3, -0.25) is 9.59 Å². The van der Waals surface area contributed by atoms with Gasteiger partial charge in [-0.25, -0.2) is 0 Å². The first kappa shape index (κ1) is 13.0. The van der Waals surface area contributed by atoms with Gasteiger partial charge in [-0.15, -0.1) is 0 Å². The van der Waals surface area contributed by atoms with E-state index in [1.54, 1.807) is 11.9 Å². The zero-order chi connectivity index (χ0) is 12.1. The van der Waals surface area contributed by atoms with Crippen LogP contribution in [0.1, 0.15) is 19.3 Å². The molecule has 0 saturated carbocycles. The number of ether oxygens (including phenoxy) is 1. The summed E-state index contributed by atoms with van der Waals surface area (Å²) in [5.74, 6) is -0.619. The molecule has 0 bridgehead atoms. The fraction of sp³-hybridized carbons (Fsp3) is 0.818. The van der Waals surface area contributed by atoms with Gasteiger partial charge in [0.25, 0.3) is 0 Å². The summed E-state index contributed by atoms with van der Waals surface area (Å²) < 4.78 is 4.48. The molecule has 0 radical (unpaired) electrons. The summed E-state index contributed by atoms with van der Waals surface area (Å²) in [6, 6.07) is 0.258. The van der Waals surface area contributed by atoms with Gasteiger partial charge in [0, 0.05) is 13.1 Å². The van der Waals surface area contributed by atoms with Crippen LogP contribution in [0.3, 0.4) is 0 Å². The SMILES string of the molecule is COC(=O)CC(=O)N(C)C1CCN(C)CC1. The van der Waals surface area contributed by atoms with Crippen LogP contribution >= 0.6 is 0 Å². The van der Waals surface area contributed by atoms with E-state index in [1.165, 1.54) is 7.11 Å². The maximum atomic E-state index is 11.7. The lowest BCUT2D eigenvalue weighted by atomic mass is 10.0. The largest absolute Gasteiger partial charge is 0.469 e. The molecule has 0 N–H and O–H groups in total. The van der Waals surface area contributed by atoms with E-state index in [-0.39, 0.29) is 18.4 Å². The van der Waals surface area contributed by atoms with Gasteiger partial charge in [0.2, 0.25) is 5.91 Å². The van der Waals surface area contributed by atoms with Gasteiger partial charge in [-0.1, -0.05) is 0 Å². The smallest absolute Gasteiger partial charge is 0.315 e. The lowest BCUT2D eigenvalue weighted by Gasteiger charge is -2.35. The zero-order valence-corrected chi connectivity index (χ0v) is 10.2. The van der Waals surface area contributed by atoms with Crippen molar-refractivity contribution >= 4 is 11.9 Å². The predicted molar refractivity (Wildman–Crippen MR) is 59.9 cm³/mol. The number of methoxy groups -OCH3 is 1. The Hall–Kier alpha value is -1.10. The second-order valence-corrected chi connectivity index (χ2v) is 4.29. The Morgan fingerprint density at radius 2 is 1.94 bits per heavy atom. The van der Waals surface area contributed by atoms with Gasteiger partial charge >= 0.3 is 5.97 Å². The molecule has 0 aromatic carbocycles. The Bertz CT molecular complexity index is 260. The first-order chi connectivity index (χ1) is 7.54. The molecule has 16 heavy (non-hydrogen) atoms. The van der Waals surface area contributed by atoms with Crippen LogP contribution in [0.4, 0.5) is 0 Å². The lowest BCUT2D eigenvalue weighted by Crippen LogP contribution is -2.44. The zero-order valence-electron chi connectivity index (χ0n) is 10.2. The molecule has 0 unspecified atom stereocenters. The molecule has 5 heteroatoms. The first-order valence-electron chi connectivity index (χ1n) is 5.55. The number of piperidine rings is 1. The molecular weight excluding hydrogens is 208 g/mol. The van der Waals surface area contributed by atoms with E-state index < -0.39 is 5.97 Å². The number of nitrogens with zero attached hydrogens (tertiary/aromatic N) is 2. The highest BCUT2D eigenvalue weighted by Crippen LogP contribution is 2.14. The number of hydrogen-bond acceptors (Lipinski definition) is 4. The Morgan fingerprint density at radius 1 is 1.38 bits per heavy atom. The standard InChI is InChI=1S/C11H20N2O3/c1-12-6-4-9(5-7-12)13(2)10(14)8-11(15)16-3/h9H,4-8H2,1-3H3. The van der Waals surface area contributed by atoms with Crippen molar-refractivity contribution in [2.75, 3.05) is 34.3 Å². The number of esters is 1. The molecule has 1 fully saturated rings. The molecule has 1 aliphatic heterocycles. The lowest BCUT2D eigenvalue weighted by molar-refractivity contribution is -0.147. The van der Waals surface area contributed by atoms with Crippen molar-refractivity contribution in [3.63, 3.8) is 0 Å². The first-order valence-corrected chi connectivity index (χ1v) is 5.55. The van der Waals surface area contributed by atoms with Crippen LogP contribution in [0.2, 0.25) is 0 Å². The van der Waals surface area contributed by atoms with Gasteiger partial charge in [0.15, 0.2) is 0 Å². The summed E-state index contributed by atoms with van der Waals surface area (Å²) in [5.41, 5.74) is 0. The molecular formula is C11H20N2O3. The van der Waals surface area contributed by atoms with Crippen LogP contribution < -0.4 is 0 Å². The fourth-order valence-electron chi connectivity index (χ4n) is 1.91. The van der Waals surface area contributed by atoms with Gasteiger partial charge in [0.1, 0.15) is 6.42 Å². The maximum Gasteiger partial charge on any atom is 0.315 e. The van der Waals surface area contributed by atoms with Gasteiger partial charge in [0.05, 0.1) is 7.11 Å². The van der Waals surface area contributed by atoms with Crippen molar-refractivity contribution in [3.8, 4) is 0 Å². The van der Waals surface area contributed by atoms with Crippen LogP contribution in [-0.4, -0.2) is 62.0 Å². The Labute approximate surface area is 96.3 Å². The molecule has 0 aromatic heterocycles. The number of hydrogen-bond donors (Lipinski definition) is 0. The summed E-state index contributed by atoms with van der Waals surface area (Å²) in [6.07, 6.45) is 1.79. The van der Waals surface area contributed by atoms with E-state index in [0.717, 1.165) is 25.9 Å². The maximum absolute atomic E-state index is 11.7. The predicted octanol–water partition coefficient (Wildman–Crippen LogP) is 0.102. The highest BCUT2D eigenvalue weighted by molar-refractivity contribution is 5.94. The molecule has 1 saturated heterocycles. The van der Waals surface area contributed by atoms with E-state index in [0.29, 0.717) is 0 Å². The second kappa shape index (κ2) is 5.84. The number of carbonyl (C=O) groups excluding carboxylic acids is 2. The van der Waals surface area contributed by atoms with Crippen molar-refractivity contribution in [3.05, 3.63) is 0 Å². The summed E-state index contributed by atoms with van der Waals surface area (Å²) in [4.78, 5) is 26.6. The number of likely N-dealkylation sites (tertiary alicyclic amines) is 1. The quantitative estimate of drug-likeness (QED) is 0.508. The Kier molecular flexibility index (Phi) is 4.73. The molecule has 5 nitrogen and oxygen atoms in total. The molecule has 0 aliphatic carbocycles. The number of rotatable bonds is 3. The third kappa shape index (κ3) is 3.48. The topological polar surface area (TPSA) is 49.9 Å². The second-order valence-electron chi connectivity index (χ2n) is 4.29. The molecule has 1 heterocycles. The minimum absolute atomic E-state index is 0.151. The summed E-state index contributed by atoms with van der Waals surface area (Å²) in [5, 5.41) is 0. The third-order valence-corrected chi connectivity index (χ3v) is 3.15. The van der Waals surface area contributed by atoms with Crippen molar-refractivity contribution in [1.29, 1.82) is 0 Å². The van der Waals surface area contributed by atoms with Crippen molar-refractivity contribution in [1.82, 2.24) is 9.80 Å². The molecule has 1 aliphatic rings. The summed E-state index contributed by atoms with van der Waals surface area (Å²) >= 11 is 0.